The summed E-state index contributed by atoms with van der Waals surface area (Å²) >= 11 is 0. The van der Waals surface area contributed by atoms with Gasteiger partial charge in [-0.2, -0.15) is 0 Å². The molecule has 7 heteroatoms. The number of amides is 1. The summed E-state index contributed by atoms with van der Waals surface area (Å²) in [6.07, 6.45) is 0.419. The maximum absolute atomic E-state index is 11.8. The minimum absolute atomic E-state index is 0.444. The number of anilines is 1. The van der Waals surface area contributed by atoms with Crippen molar-refractivity contribution >= 4 is 17.7 Å². The van der Waals surface area contributed by atoms with Crippen molar-refractivity contribution in [1.29, 1.82) is 0 Å². The summed E-state index contributed by atoms with van der Waals surface area (Å²) in [5.74, 6) is 0.808. The van der Waals surface area contributed by atoms with E-state index < -0.39 is 11.7 Å². The molecule has 0 atom stereocenters. The van der Waals surface area contributed by atoms with Crippen LogP contribution in [-0.4, -0.2) is 62.8 Å². The van der Waals surface area contributed by atoms with Gasteiger partial charge in [-0.3, -0.25) is 10.3 Å². The third-order valence-electron chi connectivity index (χ3n) is 3.85. The Bertz CT molecular complexity index is 593. The van der Waals surface area contributed by atoms with Crippen LogP contribution in [0.1, 0.15) is 33.3 Å². The number of nitrogens with zero attached hydrogens (tertiary/aromatic N) is 2. The van der Waals surface area contributed by atoms with Crippen molar-refractivity contribution in [3.8, 4) is 0 Å². The molecule has 1 aromatic rings. The number of carbonyl (C=O) groups excluding carboxylic acids is 1. The second-order valence-electron chi connectivity index (χ2n) is 7.40. The molecule has 0 aliphatic rings. The number of aliphatic imine (C=N–C) groups is 1. The van der Waals surface area contributed by atoms with Gasteiger partial charge in [-0.15, -0.1) is 0 Å². The molecular formula is C20H35N5O2. The molecule has 0 fully saturated rings. The summed E-state index contributed by atoms with van der Waals surface area (Å²) in [7, 11) is 3.87. The Morgan fingerprint density at radius 3 is 2.33 bits per heavy atom. The molecule has 0 aromatic heterocycles. The highest BCUT2D eigenvalue weighted by Gasteiger charge is 2.16. The van der Waals surface area contributed by atoms with Crippen molar-refractivity contribution in [2.75, 3.05) is 45.6 Å². The van der Waals surface area contributed by atoms with Crippen LogP contribution in [0.3, 0.4) is 0 Å². The van der Waals surface area contributed by atoms with E-state index in [-0.39, 0.29) is 0 Å². The van der Waals surface area contributed by atoms with Crippen LogP contribution < -0.4 is 16.0 Å². The standard InChI is InChI=1S/C20H35N5O2/c1-7-25(6)15-14-23-18(21-5)22-13-12-16-8-10-17(11-9-16)24-19(26)27-20(2,3)4/h8-11H,7,12-15H2,1-6H3,(H,24,26)(H2,21,22,23). The maximum Gasteiger partial charge on any atom is 0.412 e. The van der Waals surface area contributed by atoms with Gasteiger partial charge in [0.05, 0.1) is 0 Å². The summed E-state index contributed by atoms with van der Waals surface area (Å²) in [6, 6.07) is 7.77. The predicted molar refractivity (Wildman–Crippen MR) is 113 cm³/mol. The van der Waals surface area contributed by atoms with Gasteiger partial charge in [0, 0.05) is 32.4 Å². The first-order chi connectivity index (χ1) is 12.7. The van der Waals surface area contributed by atoms with Crippen molar-refractivity contribution in [2.24, 2.45) is 4.99 Å². The van der Waals surface area contributed by atoms with Gasteiger partial charge in [-0.1, -0.05) is 19.1 Å². The molecule has 0 aliphatic carbocycles. The molecule has 152 valence electrons. The molecule has 7 nitrogen and oxygen atoms in total. The molecule has 0 bridgehead atoms. The van der Waals surface area contributed by atoms with Crippen LogP contribution in [0, 0.1) is 0 Å². The van der Waals surface area contributed by atoms with Gasteiger partial charge in [0.1, 0.15) is 5.60 Å². The molecule has 0 aliphatic heterocycles. The quantitative estimate of drug-likeness (QED) is 0.480. The maximum atomic E-state index is 11.8. The second-order valence-corrected chi connectivity index (χ2v) is 7.40. The van der Waals surface area contributed by atoms with Crippen molar-refractivity contribution in [3.63, 3.8) is 0 Å². The highest BCUT2D eigenvalue weighted by molar-refractivity contribution is 5.84. The fourth-order valence-corrected chi connectivity index (χ4v) is 2.25. The van der Waals surface area contributed by atoms with E-state index >= 15 is 0 Å². The van der Waals surface area contributed by atoms with Crippen LogP contribution in [0.4, 0.5) is 10.5 Å². The average Bonchev–Trinajstić information content (AvgIpc) is 2.60. The van der Waals surface area contributed by atoms with E-state index in [9.17, 15) is 4.79 Å². The lowest BCUT2D eigenvalue weighted by molar-refractivity contribution is 0.0636. The van der Waals surface area contributed by atoms with Gasteiger partial charge in [0.15, 0.2) is 5.96 Å². The molecule has 27 heavy (non-hydrogen) atoms. The lowest BCUT2D eigenvalue weighted by Crippen LogP contribution is -2.41. The number of hydrogen-bond acceptors (Lipinski definition) is 4. The first kappa shape index (κ1) is 22.8. The van der Waals surface area contributed by atoms with Crippen molar-refractivity contribution in [1.82, 2.24) is 15.5 Å². The Balaban J connectivity index is 2.35. The number of carbonyl (C=O) groups is 1. The lowest BCUT2D eigenvalue weighted by Gasteiger charge is -2.19. The smallest absolute Gasteiger partial charge is 0.412 e. The van der Waals surface area contributed by atoms with E-state index in [0.717, 1.165) is 44.2 Å². The van der Waals surface area contributed by atoms with Gasteiger partial charge < -0.3 is 20.3 Å². The minimum atomic E-state index is -0.506. The van der Waals surface area contributed by atoms with Gasteiger partial charge in [0.25, 0.3) is 0 Å². The van der Waals surface area contributed by atoms with E-state index in [1.54, 1.807) is 7.05 Å². The highest BCUT2D eigenvalue weighted by Crippen LogP contribution is 2.13. The van der Waals surface area contributed by atoms with E-state index in [2.05, 4.69) is 39.8 Å². The Hall–Kier alpha value is -2.28. The molecule has 1 amide bonds. The Labute approximate surface area is 163 Å². The van der Waals surface area contributed by atoms with Gasteiger partial charge >= 0.3 is 6.09 Å². The van der Waals surface area contributed by atoms with Crippen LogP contribution >= 0.6 is 0 Å². The van der Waals surface area contributed by atoms with E-state index in [4.69, 9.17) is 4.74 Å². The van der Waals surface area contributed by atoms with E-state index in [1.165, 1.54) is 5.56 Å². The zero-order valence-corrected chi connectivity index (χ0v) is 17.6. The molecule has 0 unspecified atom stereocenters. The molecular weight excluding hydrogens is 342 g/mol. The molecule has 0 radical (unpaired) electrons. The molecule has 0 spiro atoms. The number of guanidine groups is 1. The van der Waals surface area contributed by atoms with Crippen LogP contribution in [-0.2, 0) is 11.2 Å². The van der Waals surface area contributed by atoms with Gasteiger partial charge in [-0.05, 0) is 58.5 Å². The first-order valence-electron chi connectivity index (χ1n) is 9.45. The van der Waals surface area contributed by atoms with Gasteiger partial charge in [0.2, 0.25) is 0 Å². The number of hydrogen-bond donors (Lipinski definition) is 3. The molecule has 1 aromatic carbocycles. The number of nitrogens with one attached hydrogen (secondary N) is 3. The molecule has 0 saturated carbocycles. The van der Waals surface area contributed by atoms with Crippen LogP contribution in [0.15, 0.2) is 29.3 Å². The zero-order valence-electron chi connectivity index (χ0n) is 17.6. The Morgan fingerprint density at radius 1 is 1.15 bits per heavy atom. The Kier molecular flexibility index (Phi) is 9.64. The van der Waals surface area contributed by atoms with Crippen molar-refractivity contribution < 1.29 is 9.53 Å². The first-order valence-corrected chi connectivity index (χ1v) is 9.45. The fraction of sp³-hybridized carbons (Fsp3) is 0.600. The van der Waals surface area contributed by atoms with Gasteiger partial charge in [-0.25, -0.2) is 4.79 Å². The summed E-state index contributed by atoms with van der Waals surface area (Å²) in [5, 5.41) is 9.36. The number of rotatable bonds is 8. The molecule has 3 N–H and O–H groups in total. The second kappa shape index (κ2) is 11.4. The Morgan fingerprint density at radius 2 is 1.78 bits per heavy atom. The van der Waals surface area contributed by atoms with Crippen LogP contribution in [0.25, 0.3) is 0 Å². The largest absolute Gasteiger partial charge is 0.444 e. The zero-order chi connectivity index (χ0) is 20.3. The monoisotopic (exact) mass is 377 g/mol. The highest BCUT2D eigenvalue weighted by atomic mass is 16.6. The summed E-state index contributed by atoms with van der Waals surface area (Å²) in [4.78, 5) is 18.2. The SMILES string of the molecule is CCN(C)CCNC(=NC)NCCc1ccc(NC(=O)OC(C)(C)C)cc1. The lowest BCUT2D eigenvalue weighted by atomic mass is 10.1. The van der Waals surface area contributed by atoms with E-state index in [1.807, 2.05) is 45.0 Å². The normalized spacial score (nSPS) is 12.0. The van der Waals surface area contributed by atoms with Crippen LogP contribution in [0.5, 0.6) is 0 Å². The fourth-order valence-electron chi connectivity index (χ4n) is 2.25. The summed E-state index contributed by atoms with van der Waals surface area (Å²) in [5.41, 5.74) is 1.39. The summed E-state index contributed by atoms with van der Waals surface area (Å²) < 4.78 is 5.25. The average molecular weight is 378 g/mol. The molecule has 0 heterocycles. The minimum Gasteiger partial charge on any atom is -0.444 e. The molecule has 0 saturated heterocycles. The molecule has 1 rings (SSSR count). The van der Waals surface area contributed by atoms with E-state index in [0.29, 0.717) is 0 Å². The number of ether oxygens (including phenoxy) is 1. The van der Waals surface area contributed by atoms with Crippen molar-refractivity contribution in [3.05, 3.63) is 29.8 Å². The number of likely N-dealkylation sites (N-methyl/N-ethyl adjacent to an activating group) is 1. The third-order valence-corrected chi connectivity index (χ3v) is 3.85. The number of benzene rings is 1. The summed E-state index contributed by atoms with van der Waals surface area (Å²) in [6.45, 7) is 11.3. The van der Waals surface area contributed by atoms with Crippen LogP contribution in [0.2, 0.25) is 0 Å². The topological polar surface area (TPSA) is 78.0 Å². The third kappa shape index (κ3) is 10.5. The van der Waals surface area contributed by atoms with Crippen molar-refractivity contribution in [2.45, 2.75) is 39.7 Å². The predicted octanol–water partition coefficient (Wildman–Crippen LogP) is 2.69.